The summed E-state index contributed by atoms with van der Waals surface area (Å²) in [5, 5.41) is 27.0. The molecule has 9 N–H and O–H groups in total. The lowest BCUT2D eigenvalue weighted by atomic mass is 10.0. The van der Waals surface area contributed by atoms with Gasteiger partial charge in [0.05, 0.1) is 18.7 Å². The molecule has 0 aliphatic carbocycles. The van der Waals surface area contributed by atoms with Crippen LogP contribution in [0.15, 0.2) is 49.3 Å². The average molecular weight is 569 g/mol. The molecule has 4 unspecified atom stereocenters. The number of aromatic hydroxyl groups is 1. The molecule has 14 heteroatoms. The maximum atomic E-state index is 13.5. The van der Waals surface area contributed by atoms with Crippen molar-refractivity contribution in [2.75, 3.05) is 0 Å². The molecule has 14 nitrogen and oxygen atoms in total. The predicted octanol–water partition coefficient (Wildman–Crippen LogP) is -0.221. The number of aromatic nitrogens is 4. The first-order valence-corrected chi connectivity index (χ1v) is 13.1. The van der Waals surface area contributed by atoms with Crippen molar-refractivity contribution in [1.82, 2.24) is 35.9 Å². The number of phenolic OH excluding ortho intramolecular Hbond substituents is 1. The van der Waals surface area contributed by atoms with E-state index in [2.05, 4.69) is 35.9 Å². The number of carboxylic acid groups (broad SMARTS) is 1. The first-order chi connectivity index (χ1) is 19.5. The van der Waals surface area contributed by atoms with E-state index in [1.54, 1.807) is 12.1 Å². The second-order valence-corrected chi connectivity index (χ2v) is 10.2. The van der Waals surface area contributed by atoms with Gasteiger partial charge in [-0.1, -0.05) is 26.0 Å². The molecule has 2 heterocycles. The SMILES string of the molecule is CC(C)CC(NC(=O)C(Cc1cnc[nH]1)NC(=O)C(N)Cc1ccc(O)cc1)C(=O)NC(Cc1cnc[nH]1)C(=O)O. The van der Waals surface area contributed by atoms with Crippen LogP contribution in [0.4, 0.5) is 0 Å². The van der Waals surface area contributed by atoms with Crippen LogP contribution in [0.1, 0.15) is 37.2 Å². The molecule has 0 bridgehead atoms. The van der Waals surface area contributed by atoms with Crippen LogP contribution in [-0.2, 0) is 38.4 Å². The van der Waals surface area contributed by atoms with Gasteiger partial charge in [0.2, 0.25) is 17.7 Å². The third kappa shape index (κ3) is 9.76. The zero-order valence-corrected chi connectivity index (χ0v) is 22.8. The molecule has 0 saturated carbocycles. The predicted molar refractivity (Wildman–Crippen MR) is 147 cm³/mol. The summed E-state index contributed by atoms with van der Waals surface area (Å²) in [6, 6.07) is 1.82. The Morgan fingerprint density at radius 3 is 1.83 bits per heavy atom. The third-order valence-corrected chi connectivity index (χ3v) is 6.27. The van der Waals surface area contributed by atoms with Gasteiger partial charge < -0.3 is 41.9 Å². The number of H-pyrrole nitrogens is 2. The first-order valence-electron chi connectivity index (χ1n) is 13.1. The van der Waals surface area contributed by atoms with Gasteiger partial charge >= 0.3 is 5.97 Å². The van der Waals surface area contributed by atoms with E-state index < -0.39 is 47.9 Å². The number of rotatable bonds is 15. The van der Waals surface area contributed by atoms with Gasteiger partial charge in [-0.15, -0.1) is 0 Å². The zero-order valence-electron chi connectivity index (χ0n) is 22.8. The smallest absolute Gasteiger partial charge is 0.326 e. The number of nitrogens with two attached hydrogens (primary N) is 1. The molecule has 0 radical (unpaired) electrons. The monoisotopic (exact) mass is 568 g/mol. The van der Waals surface area contributed by atoms with Crippen LogP contribution in [0, 0.1) is 5.92 Å². The molecule has 0 saturated heterocycles. The Balaban J connectivity index is 1.72. The van der Waals surface area contributed by atoms with Gasteiger partial charge in [0.15, 0.2) is 0 Å². The van der Waals surface area contributed by atoms with Crippen molar-refractivity contribution in [3.63, 3.8) is 0 Å². The Morgan fingerprint density at radius 2 is 1.32 bits per heavy atom. The lowest BCUT2D eigenvalue weighted by Crippen LogP contribution is -2.58. The van der Waals surface area contributed by atoms with Gasteiger partial charge in [0.1, 0.15) is 23.9 Å². The Hall–Kier alpha value is -4.72. The summed E-state index contributed by atoms with van der Waals surface area (Å²) < 4.78 is 0. The summed E-state index contributed by atoms with van der Waals surface area (Å²) in [6.07, 6.45) is 6.21. The molecule has 3 aromatic rings. The Bertz CT molecular complexity index is 1280. The van der Waals surface area contributed by atoms with Gasteiger partial charge in [-0.3, -0.25) is 14.4 Å². The number of imidazole rings is 2. The first kappa shape index (κ1) is 30.8. The number of amides is 3. The summed E-state index contributed by atoms with van der Waals surface area (Å²) in [5.41, 5.74) is 7.91. The maximum Gasteiger partial charge on any atom is 0.326 e. The topological polar surface area (TPSA) is 228 Å². The Kier molecular flexibility index (Phi) is 11.0. The molecule has 41 heavy (non-hydrogen) atoms. The number of phenols is 1. The van der Waals surface area contributed by atoms with Gasteiger partial charge in [0, 0.05) is 36.6 Å². The molecule has 0 spiro atoms. The largest absolute Gasteiger partial charge is 0.508 e. The molecule has 0 aliphatic rings. The molecule has 0 fully saturated rings. The second-order valence-electron chi connectivity index (χ2n) is 10.2. The fourth-order valence-electron chi connectivity index (χ4n) is 4.15. The van der Waals surface area contributed by atoms with Crippen LogP contribution in [0.3, 0.4) is 0 Å². The summed E-state index contributed by atoms with van der Waals surface area (Å²) in [6.45, 7) is 3.72. The van der Waals surface area contributed by atoms with Crippen molar-refractivity contribution in [3.8, 4) is 5.75 Å². The van der Waals surface area contributed by atoms with Gasteiger partial charge in [-0.25, -0.2) is 14.8 Å². The normalized spacial score (nSPS) is 14.0. The fourth-order valence-corrected chi connectivity index (χ4v) is 4.15. The number of carbonyl (C=O) groups excluding carboxylic acids is 3. The van der Waals surface area contributed by atoms with E-state index in [0.717, 1.165) is 5.56 Å². The lowest BCUT2D eigenvalue weighted by molar-refractivity contribution is -0.142. The molecule has 2 aromatic heterocycles. The molecular formula is C27H36N8O6. The molecule has 4 atom stereocenters. The standard InChI is InChI=1S/C27H36N8O6/c1-15(2)7-21(25(38)35-23(27(40)41)10-18-12-30-14-32-18)34-26(39)22(9-17-11-29-13-31-17)33-24(37)20(28)8-16-3-5-19(36)6-4-16/h3-6,11-15,20-23,36H,7-10,28H2,1-2H3,(H,29,31)(H,30,32)(H,33,37)(H,34,39)(H,35,38)(H,40,41). The van der Waals surface area contributed by atoms with Crippen LogP contribution in [-0.4, -0.2) is 78.0 Å². The van der Waals surface area contributed by atoms with Gasteiger partial charge in [-0.05, 0) is 36.5 Å². The summed E-state index contributed by atoms with van der Waals surface area (Å²) in [7, 11) is 0. The average Bonchev–Trinajstić information content (AvgIpc) is 3.63. The van der Waals surface area contributed by atoms with Crippen molar-refractivity contribution >= 4 is 23.7 Å². The number of nitrogens with one attached hydrogen (secondary N) is 5. The van der Waals surface area contributed by atoms with Crippen molar-refractivity contribution in [2.45, 2.75) is 63.7 Å². The second kappa shape index (κ2) is 14.6. The highest BCUT2D eigenvalue weighted by Gasteiger charge is 2.31. The number of nitrogens with zero attached hydrogens (tertiary/aromatic N) is 2. The van der Waals surface area contributed by atoms with Crippen LogP contribution in [0.5, 0.6) is 5.75 Å². The quantitative estimate of drug-likeness (QED) is 0.121. The van der Waals surface area contributed by atoms with Crippen molar-refractivity contribution in [2.24, 2.45) is 11.7 Å². The van der Waals surface area contributed by atoms with Crippen LogP contribution in [0.2, 0.25) is 0 Å². The maximum absolute atomic E-state index is 13.5. The van der Waals surface area contributed by atoms with E-state index in [4.69, 9.17) is 5.73 Å². The van der Waals surface area contributed by atoms with Crippen LogP contribution >= 0.6 is 0 Å². The molecular weight excluding hydrogens is 532 g/mol. The lowest BCUT2D eigenvalue weighted by Gasteiger charge is -2.26. The minimum atomic E-state index is -1.26. The van der Waals surface area contributed by atoms with E-state index in [1.165, 1.54) is 37.2 Å². The van der Waals surface area contributed by atoms with E-state index in [0.29, 0.717) is 11.4 Å². The van der Waals surface area contributed by atoms with E-state index in [9.17, 15) is 29.4 Å². The molecule has 3 amide bonds. The Labute approximate surface area is 236 Å². The molecule has 3 rings (SSSR count). The van der Waals surface area contributed by atoms with E-state index in [-0.39, 0.29) is 37.4 Å². The number of benzene rings is 1. The number of aromatic amines is 2. The number of hydrogen-bond donors (Lipinski definition) is 8. The van der Waals surface area contributed by atoms with Crippen molar-refractivity contribution in [1.29, 1.82) is 0 Å². The van der Waals surface area contributed by atoms with E-state index in [1.807, 2.05) is 13.8 Å². The van der Waals surface area contributed by atoms with Gasteiger partial charge in [-0.2, -0.15) is 0 Å². The summed E-state index contributed by atoms with van der Waals surface area (Å²) in [4.78, 5) is 65.0. The van der Waals surface area contributed by atoms with Crippen LogP contribution in [0.25, 0.3) is 0 Å². The third-order valence-electron chi connectivity index (χ3n) is 6.27. The number of carboxylic acids is 1. The van der Waals surface area contributed by atoms with E-state index >= 15 is 0 Å². The van der Waals surface area contributed by atoms with Gasteiger partial charge in [0.25, 0.3) is 0 Å². The fraction of sp³-hybridized carbons (Fsp3) is 0.407. The molecule has 1 aromatic carbocycles. The highest BCUT2D eigenvalue weighted by atomic mass is 16.4. The minimum absolute atomic E-state index is 0.0266. The summed E-state index contributed by atoms with van der Waals surface area (Å²) in [5.74, 6) is -3.09. The summed E-state index contributed by atoms with van der Waals surface area (Å²) >= 11 is 0. The molecule has 220 valence electrons. The molecule has 0 aliphatic heterocycles. The zero-order chi connectivity index (χ0) is 29.9. The number of carbonyl (C=O) groups is 4. The highest BCUT2D eigenvalue weighted by Crippen LogP contribution is 2.12. The van der Waals surface area contributed by atoms with Crippen molar-refractivity contribution in [3.05, 3.63) is 66.3 Å². The number of aliphatic carboxylic acids is 1. The Morgan fingerprint density at radius 1 is 0.805 bits per heavy atom. The number of hydrogen-bond acceptors (Lipinski definition) is 8. The minimum Gasteiger partial charge on any atom is -0.508 e. The highest BCUT2D eigenvalue weighted by molar-refractivity contribution is 5.94. The van der Waals surface area contributed by atoms with Crippen molar-refractivity contribution < 1.29 is 29.4 Å². The van der Waals surface area contributed by atoms with Crippen LogP contribution < -0.4 is 21.7 Å².